The van der Waals surface area contributed by atoms with Crippen molar-refractivity contribution in [2.45, 2.75) is 112 Å². The molecule has 0 aromatic heterocycles. The predicted octanol–water partition coefficient (Wildman–Crippen LogP) is 7.20. The van der Waals surface area contributed by atoms with Crippen LogP contribution in [0.25, 0.3) is 0 Å². The summed E-state index contributed by atoms with van der Waals surface area (Å²) in [4.78, 5) is 12.9. The molecule has 0 aromatic rings. The molecular weight excluding hydrogens is 392 g/mol. The molecule has 0 unspecified atom stereocenters. The van der Waals surface area contributed by atoms with Gasteiger partial charge in [0.25, 0.3) is 0 Å². The second kappa shape index (κ2) is 6.73. The van der Waals surface area contributed by atoms with E-state index in [0.29, 0.717) is 29.5 Å². The Morgan fingerprint density at radius 3 is 2.28 bits per heavy atom. The minimum absolute atomic E-state index is 0.0575. The number of allylic oxidation sites excluding steroid dienone is 1. The molecule has 2 heteroatoms. The van der Waals surface area contributed by atoms with Crippen LogP contribution in [0.5, 0.6) is 0 Å². The van der Waals surface area contributed by atoms with Crippen molar-refractivity contribution in [3.8, 4) is 0 Å². The van der Waals surface area contributed by atoms with E-state index < -0.39 is 5.41 Å². The Labute approximate surface area is 197 Å². The molecule has 180 valence electrons. The van der Waals surface area contributed by atoms with Crippen LogP contribution >= 0.6 is 0 Å². The number of carbonyl (C=O) groups is 1. The lowest BCUT2D eigenvalue weighted by Crippen LogP contribution is -2.69. The Balaban J connectivity index is 1.58. The molecule has 0 bridgehead atoms. The summed E-state index contributed by atoms with van der Waals surface area (Å²) >= 11 is 0. The first-order chi connectivity index (χ1) is 14.7. The van der Waals surface area contributed by atoms with E-state index in [-0.39, 0.29) is 28.3 Å². The van der Waals surface area contributed by atoms with Crippen LogP contribution < -0.4 is 0 Å². The minimum Gasteiger partial charge on any atom is -0.393 e. The van der Waals surface area contributed by atoms with Gasteiger partial charge in [0.1, 0.15) is 5.78 Å². The van der Waals surface area contributed by atoms with Crippen molar-refractivity contribution < 1.29 is 9.90 Å². The zero-order valence-electron chi connectivity index (χ0n) is 21.9. The number of carbonyl (C=O) groups excluding carboxylic acids is 1. The first kappa shape index (κ1) is 23.1. The van der Waals surface area contributed by atoms with Gasteiger partial charge in [0, 0.05) is 17.8 Å². The third kappa shape index (κ3) is 2.60. The number of hydrogen-bond acceptors (Lipinski definition) is 2. The average Bonchev–Trinajstić information content (AvgIpc) is 3.03. The molecule has 10 atom stereocenters. The molecule has 0 radical (unpaired) electrons. The maximum Gasteiger partial charge on any atom is 0.138 e. The van der Waals surface area contributed by atoms with Gasteiger partial charge in [0.05, 0.1) is 6.10 Å². The standard InChI is InChI=1S/C30H48O2/c1-18(2)19-11-13-27(5)15-16-29(7)20(24(19)27)9-10-22-28(6)14-12-23(32)26(3,4)25(28)21(31)17-30(22,29)8/h19-22,24-25,31H,1,9-17H2,2-8H3/t19-,20+,21-,22+,24+,25-,27+,28+,29+,30+/m0/s1. The molecule has 5 rings (SSSR count). The van der Waals surface area contributed by atoms with Gasteiger partial charge in [0.15, 0.2) is 0 Å². The molecule has 0 aromatic carbocycles. The fraction of sp³-hybridized carbons (Fsp3) is 0.900. The van der Waals surface area contributed by atoms with Gasteiger partial charge < -0.3 is 5.11 Å². The van der Waals surface area contributed by atoms with Gasteiger partial charge in [-0.2, -0.15) is 0 Å². The number of Topliss-reactive ketones (excluding diaryl/α,β-unsaturated/α-hetero) is 1. The van der Waals surface area contributed by atoms with Gasteiger partial charge in [-0.15, -0.1) is 0 Å². The normalized spacial score (nSPS) is 56.6. The van der Waals surface area contributed by atoms with Crippen molar-refractivity contribution in [1.82, 2.24) is 0 Å². The topological polar surface area (TPSA) is 37.3 Å². The number of ketones is 1. The van der Waals surface area contributed by atoms with Crippen LogP contribution in [0.1, 0.15) is 106 Å². The molecule has 0 heterocycles. The Morgan fingerprint density at radius 2 is 1.62 bits per heavy atom. The van der Waals surface area contributed by atoms with Gasteiger partial charge in [-0.05, 0) is 104 Å². The fourth-order valence-electron chi connectivity index (χ4n) is 11.5. The number of aliphatic hydroxyl groups is 1. The van der Waals surface area contributed by atoms with E-state index in [0.717, 1.165) is 24.7 Å². The summed E-state index contributed by atoms with van der Waals surface area (Å²) in [6, 6.07) is 0. The summed E-state index contributed by atoms with van der Waals surface area (Å²) in [5, 5.41) is 11.7. The van der Waals surface area contributed by atoms with Gasteiger partial charge >= 0.3 is 0 Å². The van der Waals surface area contributed by atoms with E-state index in [1.54, 1.807) is 0 Å². The third-order valence-electron chi connectivity index (χ3n) is 13.1. The van der Waals surface area contributed by atoms with Crippen molar-refractivity contribution in [3.05, 3.63) is 12.2 Å². The first-order valence-corrected chi connectivity index (χ1v) is 13.6. The number of rotatable bonds is 1. The van der Waals surface area contributed by atoms with Crippen LogP contribution in [0.3, 0.4) is 0 Å². The summed E-state index contributed by atoms with van der Waals surface area (Å²) in [5.74, 6) is 3.23. The second-order valence-corrected chi connectivity index (χ2v) is 14.6. The highest BCUT2D eigenvalue weighted by atomic mass is 16.3. The highest BCUT2D eigenvalue weighted by Crippen LogP contribution is 2.77. The van der Waals surface area contributed by atoms with E-state index >= 15 is 0 Å². The molecule has 1 N–H and O–H groups in total. The van der Waals surface area contributed by atoms with Crippen LogP contribution in [0.4, 0.5) is 0 Å². The lowest BCUT2D eigenvalue weighted by Gasteiger charge is -2.73. The third-order valence-corrected chi connectivity index (χ3v) is 13.1. The highest BCUT2D eigenvalue weighted by molar-refractivity contribution is 5.85. The monoisotopic (exact) mass is 440 g/mol. The number of hydrogen-bond donors (Lipinski definition) is 1. The van der Waals surface area contributed by atoms with Gasteiger partial charge in [0.2, 0.25) is 0 Å². The van der Waals surface area contributed by atoms with Gasteiger partial charge in [-0.25, -0.2) is 0 Å². The predicted molar refractivity (Wildman–Crippen MR) is 131 cm³/mol. The number of fused-ring (bicyclic) bond motifs is 7. The second-order valence-electron chi connectivity index (χ2n) is 14.6. The summed E-state index contributed by atoms with van der Waals surface area (Å²) < 4.78 is 0. The zero-order valence-corrected chi connectivity index (χ0v) is 21.9. The fourth-order valence-corrected chi connectivity index (χ4v) is 11.5. The molecule has 5 aliphatic rings. The average molecular weight is 441 g/mol. The van der Waals surface area contributed by atoms with Gasteiger partial charge in [-0.1, -0.05) is 53.7 Å². The Bertz CT molecular complexity index is 842. The first-order valence-electron chi connectivity index (χ1n) is 13.6. The van der Waals surface area contributed by atoms with Crippen molar-refractivity contribution in [3.63, 3.8) is 0 Å². The SMILES string of the molecule is C=C(C)[C@@H]1CC[C@]2(C)CC[C@]3(C)[C@H](CC[C@@H]4[C@@]5(C)CCC(=O)C(C)(C)[C@@H]5[C@@H](O)C[C@]43C)[C@@H]12. The van der Waals surface area contributed by atoms with E-state index in [1.807, 2.05) is 0 Å². The Hall–Kier alpha value is -0.630. The lowest BCUT2D eigenvalue weighted by molar-refractivity contribution is -0.258. The Morgan fingerprint density at radius 1 is 0.938 bits per heavy atom. The molecule has 5 fully saturated rings. The van der Waals surface area contributed by atoms with E-state index in [2.05, 4.69) is 55.0 Å². The quantitative estimate of drug-likeness (QED) is 0.438. The maximum absolute atomic E-state index is 12.9. The molecule has 0 aliphatic heterocycles. The van der Waals surface area contributed by atoms with Crippen molar-refractivity contribution in [1.29, 1.82) is 0 Å². The molecule has 0 spiro atoms. The van der Waals surface area contributed by atoms with Crippen LogP contribution in [-0.4, -0.2) is 17.0 Å². The van der Waals surface area contributed by atoms with E-state index in [4.69, 9.17) is 0 Å². The molecule has 5 aliphatic carbocycles. The van der Waals surface area contributed by atoms with Crippen LogP contribution in [0, 0.1) is 56.7 Å². The van der Waals surface area contributed by atoms with Crippen LogP contribution in [0.15, 0.2) is 12.2 Å². The number of aliphatic hydroxyl groups excluding tert-OH is 1. The van der Waals surface area contributed by atoms with E-state index in [1.165, 1.54) is 44.1 Å². The molecular formula is C30H48O2. The Kier molecular flexibility index (Phi) is 4.87. The van der Waals surface area contributed by atoms with E-state index in [9.17, 15) is 9.90 Å². The van der Waals surface area contributed by atoms with Crippen molar-refractivity contribution in [2.24, 2.45) is 56.7 Å². The summed E-state index contributed by atoms with van der Waals surface area (Å²) in [5.41, 5.74) is 1.92. The lowest BCUT2D eigenvalue weighted by atomic mass is 9.32. The van der Waals surface area contributed by atoms with Crippen molar-refractivity contribution >= 4 is 5.78 Å². The summed E-state index contributed by atoms with van der Waals surface area (Å²) in [7, 11) is 0. The molecule has 0 amide bonds. The summed E-state index contributed by atoms with van der Waals surface area (Å²) in [6.45, 7) is 21.2. The van der Waals surface area contributed by atoms with Crippen molar-refractivity contribution in [2.75, 3.05) is 0 Å². The largest absolute Gasteiger partial charge is 0.393 e. The maximum atomic E-state index is 12.9. The minimum atomic E-state index is -0.410. The van der Waals surface area contributed by atoms with Crippen LogP contribution in [0.2, 0.25) is 0 Å². The van der Waals surface area contributed by atoms with Gasteiger partial charge in [-0.3, -0.25) is 4.79 Å². The highest BCUT2D eigenvalue weighted by Gasteiger charge is 2.71. The molecule has 5 saturated carbocycles. The van der Waals surface area contributed by atoms with Crippen LogP contribution in [-0.2, 0) is 4.79 Å². The zero-order chi connectivity index (χ0) is 23.5. The molecule has 32 heavy (non-hydrogen) atoms. The summed E-state index contributed by atoms with van der Waals surface area (Å²) in [6.07, 6.45) is 10.1. The molecule has 2 nitrogen and oxygen atoms in total. The smallest absolute Gasteiger partial charge is 0.138 e. The molecule has 0 saturated heterocycles.